The van der Waals surface area contributed by atoms with E-state index in [2.05, 4.69) is 27.4 Å². The van der Waals surface area contributed by atoms with Gasteiger partial charge in [-0.05, 0) is 65.7 Å². The molecule has 4 atom stereocenters. The Morgan fingerprint density at radius 3 is 2.64 bits per heavy atom. The van der Waals surface area contributed by atoms with Gasteiger partial charge in [-0.2, -0.15) is 0 Å². The van der Waals surface area contributed by atoms with Gasteiger partial charge < -0.3 is 14.9 Å². The van der Waals surface area contributed by atoms with Crippen molar-refractivity contribution in [2.75, 3.05) is 0 Å². The van der Waals surface area contributed by atoms with E-state index in [1.165, 1.54) is 43.0 Å². The van der Waals surface area contributed by atoms with Crippen LogP contribution in [-0.4, -0.2) is 22.3 Å². The molecule has 0 radical (unpaired) electrons. The Hall–Kier alpha value is -2.23. The molecule has 0 spiro atoms. The topological polar surface area (TPSA) is 66.8 Å². The van der Waals surface area contributed by atoms with Crippen molar-refractivity contribution < 1.29 is 19.7 Å². The lowest BCUT2D eigenvalue weighted by Gasteiger charge is -2.55. The number of phenols is 2. The van der Waals surface area contributed by atoms with Crippen LogP contribution in [0.3, 0.4) is 0 Å². The first-order valence-electron chi connectivity index (χ1n) is 10.2. The molecule has 0 saturated heterocycles. The monoisotopic (exact) mass is 382 g/mol. The van der Waals surface area contributed by atoms with E-state index in [1.807, 2.05) is 0 Å². The summed E-state index contributed by atoms with van der Waals surface area (Å²) in [7, 11) is 0. The Morgan fingerprint density at radius 2 is 1.96 bits per heavy atom. The summed E-state index contributed by atoms with van der Waals surface area (Å²) in [5.74, 6) is -0.522. The highest BCUT2D eigenvalue weighted by molar-refractivity contribution is 5.87. The molecule has 1 aromatic carbocycles. The molecule has 0 unspecified atom stereocenters. The number of hydrogen-bond acceptors (Lipinski definition) is 4. The molecule has 28 heavy (non-hydrogen) atoms. The Balaban J connectivity index is 1.53. The zero-order valence-electron chi connectivity index (χ0n) is 17.0. The molecule has 2 N–H and O–H groups in total. The summed E-state index contributed by atoms with van der Waals surface area (Å²) < 4.78 is 5.94. The van der Waals surface area contributed by atoms with Crippen LogP contribution < -0.4 is 0 Å². The maximum atomic E-state index is 12.5. The fraction of sp³-hybridized carbons (Fsp3) is 0.542. The molecule has 3 saturated carbocycles. The summed E-state index contributed by atoms with van der Waals surface area (Å²) in [4.78, 5) is 12.5. The molecule has 4 nitrogen and oxygen atoms in total. The van der Waals surface area contributed by atoms with Gasteiger partial charge >= 0.3 is 5.97 Å². The van der Waals surface area contributed by atoms with Crippen molar-refractivity contribution in [1.29, 1.82) is 0 Å². The summed E-state index contributed by atoms with van der Waals surface area (Å²) >= 11 is 0. The number of rotatable bonds is 3. The molecule has 0 amide bonds. The number of carbonyl (C=O) groups is 1. The van der Waals surface area contributed by atoms with Gasteiger partial charge in [0, 0.05) is 12.0 Å². The highest BCUT2D eigenvalue weighted by Gasteiger charge is 2.72. The summed E-state index contributed by atoms with van der Waals surface area (Å²) in [5, 5.41) is 19.0. The second-order valence-electron chi connectivity index (χ2n) is 9.81. The highest BCUT2D eigenvalue weighted by Crippen LogP contribution is 2.78. The Morgan fingerprint density at radius 1 is 1.21 bits per heavy atom. The summed E-state index contributed by atoms with van der Waals surface area (Å²) in [6, 6.07) is 4.44. The first-order chi connectivity index (χ1) is 13.1. The average molecular weight is 383 g/mol. The van der Waals surface area contributed by atoms with Gasteiger partial charge in [0.1, 0.15) is 6.10 Å². The second kappa shape index (κ2) is 6.13. The third kappa shape index (κ3) is 2.53. The maximum Gasteiger partial charge on any atom is 0.331 e. The lowest BCUT2D eigenvalue weighted by atomic mass is 9.49. The van der Waals surface area contributed by atoms with Crippen molar-refractivity contribution in [3.8, 4) is 11.5 Å². The molecule has 4 heteroatoms. The van der Waals surface area contributed by atoms with Gasteiger partial charge in [-0.25, -0.2) is 4.79 Å². The number of ether oxygens (including phenoxy) is 1. The van der Waals surface area contributed by atoms with Crippen LogP contribution in [0.2, 0.25) is 0 Å². The van der Waals surface area contributed by atoms with Gasteiger partial charge in [-0.15, -0.1) is 0 Å². The van der Waals surface area contributed by atoms with Crippen LogP contribution in [0.1, 0.15) is 58.4 Å². The maximum absolute atomic E-state index is 12.5. The van der Waals surface area contributed by atoms with Crippen LogP contribution >= 0.6 is 0 Å². The van der Waals surface area contributed by atoms with Crippen LogP contribution in [-0.2, 0) is 9.53 Å². The first kappa shape index (κ1) is 19.1. The van der Waals surface area contributed by atoms with Crippen LogP contribution in [0.5, 0.6) is 11.5 Å². The molecule has 150 valence electrons. The van der Waals surface area contributed by atoms with Crippen LogP contribution in [0.25, 0.3) is 6.08 Å². The average Bonchev–Trinajstić information content (AvgIpc) is 2.99. The lowest BCUT2D eigenvalue weighted by molar-refractivity contribution is -0.145. The quantitative estimate of drug-likeness (QED) is 0.326. The van der Waals surface area contributed by atoms with Crippen molar-refractivity contribution in [1.82, 2.24) is 0 Å². The smallest absolute Gasteiger partial charge is 0.331 e. The fourth-order valence-electron chi connectivity index (χ4n) is 6.81. The lowest BCUT2D eigenvalue weighted by Crippen LogP contribution is -2.48. The Bertz CT molecular complexity index is 867. The SMILES string of the molecule is C=C1C[C@]23C[C@@H](OC(=O)C=Cc4ccc(O)c(O)c4)[C@H]1[C@]2(C)CCCC3(C)C. The normalized spacial score (nSPS) is 35.9. The number of esters is 1. The molecule has 1 aromatic rings. The molecule has 0 aliphatic heterocycles. The number of hydrogen-bond donors (Lipinski definition) is 2. The molecule has 3 aliphatic carbocycles. The standard InChI is InChI=1S/C24H30O4/c1-15-13-24-14-19(21(15)23(24,4)11-5-10-22(24,2)3)28-20(27)9-7-16-6-8-17(25)18(26)12-16/h6-9,12,19,21,25-26H,1,5,10-11,13-14H2,2-4H3/t19-,21+,23+,24-/m1/s1. The van der Waals surface area contributed by atoms with Gasteiger partial charge in [0.05, 0.1) is 0 Å². The van der Waals surface area contributed by atoms with Crippen molar-refractivity contribution in [3.63, 3.8) is 0 Å². The molecule has 0 aromatic heterocycles. The number of phenolic OH excluding ortho intramolecular Hbond substituents is 2. The van der Waals surface area contributed by atoms with E-state index in [9.17, 15) is 15.0 Å². The minimum absolute atomic E-state index is 0.117. The summed E-state index contributed by atoms with van der Waals surface area (Å²) in [6.45, 7) is 11.5. The second-order valence-corrected chi connectivity index (χ2v) is 9.81. The van der Waals surface area contributed by atoms with Crippen LogP contribution in [0, 0.1) is 22.2 Å². The van der Waals surface area contributed by atoms with E-state index in [1.54, 1.807) is 12.1 Å². The largest absolute Gasteiger partial charge is 0.504 e. The first-order valence-corrected chi connectivity index (χ1v) is 10.2. The fourth-order valence-corrected chi connectivity index (χ4v) is 6.81. The Kier molecular flexibility index (Phi) is 4.18. The van der Waals surface area contributed by atoms with E-state index >= 15 is 0 Å². The predicted octanol–water partition coefficient (Wildman–Crippen LogP) is 5.21. The van der Waals surface area contributed by atoms with Crippen molar-refractivity contribution in [3.05, 3.63) is 42.0 Å². The Labute approximate surface area is 166 Å². The third-order valence-electron chi connectivity index (χ3n) is 8.14. The van der Waals surface area contributed by atoms with Crippen LogP contribution in [0.4, 0.5) is 0 Å². The van der Waals surface area contributed by atoms with Gasteiger partial charge in [-0.3, -0.25) is 0 Å². The number of carbonyl (C=O) groups excluding carboxylic acids is 1. The minimum Gasteiger partial charge on any atom is -0.504 e. The van der Waals surface area contributed by atoms with E-state index < -0.39 is 0 Å². The van der Waals surface area contributed by atoms with Gasteiger partial charge in [0.25, 0.3) is 0 Å². The molecule has 0 heterocycles. The van der Waals surface area contributed by atoms with E-state index in [0.717, 1.165) is 12.8 Å². The van der Waals surface area contributed by atoms with Crippen molar-refractivity contribution >= 4 is 12.0 Å². The zero-order valence-corrected chi connectivity index (χ0v) is 17.0. The zero-order chi connectivity index (χ0) is 20.3. The summed E-state index contributed by atoms with van der Waals surface area (Å²) in [5.41, 5.74) is 2.41. The summed E-state index contributed by atoms with van der Waals surface area (Å²) in [6.07, 6.45) is 8.46. The molecule has 3 fully saturated rings. The molecule has 4 rings (SSSR count). The molecule has 2 bridgehead atoms. The van der Waals surface area contributed by atoms with E-state index in [-0.39, 0.29) is 45.7 Å². The number of aromatic hydroxyl groups is 2. The third-order valence-corrected chi connectivity index (χ3v) is 8.14. The molecule has 3 aliphatic rings. The van der Waals surface area contributed by atoms with Gasteiger partial charge in [0.2, 0.25) is 0 Å². The number of benzene rings is 1. The van der Waals surface area contributed by atoms with Crippen molar-refractivity contribution in [2.24, 2.45) is 22.2 Å². The van der Waals surface area contributed by atoms with Crippen LogP contribution in [0.15, 0.2) is 36.4 Å². The van der Waals surface area contributed by atoms with Gasteiger partial charge in [0.15, 0.2) is 11.5 Å². The molecular formula is C24H30O4. The minimum atomic E-state index is -0.368. The van der Waals surface area contributed by atoms with Gasteiger partial charge in [-0.1, -0.05) is 45.4 Å². The van der Waals surface area contributed by atoms with E-state index in [4.69, 9.17) is 4.74 Å². The molecular weight excluding hydrogens is 352 g/mol. The van der Waals surface area contributed by atoms with E-state index in [0.29, 0.717) is 5.56 Å². The van der Waals surface area contributed by atoms with Crippen molar-refractivity contribution in [2.45, 2.75) is 59.0 Å². The predicted molar refractivity (Wildman–Crippen MR) is 109 cm³/mol. The highest BCUT2D eigenvalue weighted by atomic mass is 16.5.